The number of hydrogen-bond acceptors (Lipinski definition) is 5. The van der Waals surface area contributed by atoms with Crippen molar-refractivity contribution < 1.29 is 13.6 Å². The fraction of sp³-hybridized carbons (Fsp3) is 0.0500. The first-order chi connectivity index (χ1) is 12.7. The summed E-state index contributed by atoms with van der Waals surface area (Å²) < 4.78 is 11.8. The van der Waals surface area contributed by atoms with Crippen LogP contribution in [0, 0.1) is 0 Å². The molecule has 0 aliphatic carbocycles. The van der Waals surface area contributed by atoms with Crippen LogP contribution in [0.15, 0.2) is 80.2 Å². The Morgan fingerprint density at radius 3 is 2.62 bits per heavy atom. The molecule has 2 heterocycles. The third kappa shape index (κ3) is 3.50. The summed E-state index contributed by atoms with van der Waals surface area (Å²) in [4.78, 5) is 12.5. The van der Waals surface area contributed by atoms with Gasteiger partial charge in [0.05, 0.1) is 6.26 Å². The Morgan fingerprint density at radius 1 is 0.962 bits per heavy atom. The van der Waals surface area contributed by atoms with Gasteiger partial charge in [-0.2, -0.15) is 0 Å². The summed E-state index contributed by atoms with van der Waals surface area (Å²) >= 11 is 3.39. The van der Waals surface area contributed by atoms with Crippen molar-refractivity contribution in [1.82, 2.24) is 10.2 Å². The molecule has 0 saturated heterocycles. The van der Waals surface area contributed by atoms with Crippen molar-refractivity contribution in [3.05, 3.63) is 82.5 Å². The Kier molecular flexibility index (Phi) is 4.50. The second-order valence-corrected chi connectivity index (χ2v) is 6.62. The summed E-state index contributed by atoms with van der Waals surface area (Å²) in [6.45, 7) is 0. The van der Waals surface area contributed by atoms with Crippen molar-refractivity contribution in [2.24, 2.45) is 0 Å². The van der Waals surface area contributed by atoms with E-state index in [2.05, 4.69) is 26.1 Å². The molecule has 0 amide bonds. The van der Waals surface area contributed by atoms with E-state index in [1.165, 1.54) is 0 Å². The van der Waals surface area contributed by atoms with Crippen molar-refractivity contribution in [2.75, 3.05) is 0 Å². The molecular formula is C20H13BrN2O3. The first-order valence-electron chi connectivity index (χ1n) is 7.94. The predicted octanol–water partition coefficient (Wildman–Crippen LogP) is 5.18. The van der Waals surface area contributed by atoms with Crippen LogP contribution in [-0.4, -0.2) is 16.0 Å². The van der Waals surface area contributed by atoms with Crippen molar-refractivity contribution in [3.63, 3.8) is 0 Å². The molecule has 2 aromatic heterocycles. The minimum Gasteiger partial charge on any atom is -0.459 e. The van der Waals surface area contributed by atoms with E-state index in [4.69, 9.17) is 8.83 Å². The summed E-state index contributed by atoms with van der Waals surface area (Å²) in [5.41, 5.74) is 2.31. The summed E-state index contributed by atoms with van der Waals surface area (Å²) in [5.74, 6) is 1.27. The first kappa shape index (κ1) is 16.5. The lowest BCUT2D eigenvalue weighted by atomic mass is 10.0. The van der Waals surface area contributed by atoms with Gasteiger partial charge in [0.15, 0.2) is 11.5 Å². The number of Topliss-reactive ketones (excluding diaryl/α,β-unsaturated/α-hetero) is 1. The molecule has 128 valence electrons. The average Bonchev–Trinajstić information content (AvgIpc) is 3.33. The fourth-order valence-corrected chi connectivity index (χ4v) is 3.00. The standard InChI is InChI=1S/C20H13BrN2O3/c21-16-7-2-5-14(12-16)17(24)11-13-4-1-6-15(10-13)19-22-23-20(26-19)18-8-3-9-25-18/h1-10,12H,11H2. The SMILES string of the molecule is O=C(Cc1cccc(-c2nnc(-c3ccco3)o2)c1)c1cccc(Br)c1. The maximum atomic E-state index is 12.5. The molecular weight excluding hydrogens is 396 g/mol. The highest BCUT2D eigenvalue weighted by Crippen LogP contribution is 2.25. The molecule has 6 heteroatoms. The van der Waals surface area contributed by atoms with Gasteiger partial charge >= 0.3 is 0 Å². The molecule has 26 heavy (non-hydrogen) atoms. The topological polar surface area (TPSA) is 69.1 Å². The van der Waals surface area contributed by atoms with E-state index in [1.807, 2.05) is 48.5 Å². The van der Waals surface area contributed by atoms with Crippen molar-refractivity contribution in [3.8, 4) is 23.1 Å². The number of ketones is 1. The van der Waals surface area contributed by atoms with Gasteiger partial charge in [-0.05, 0) is 42.0 Å². The zero-order chi connectivity index (χ0) is 17.9. The molecule has 0 aliphatic rings. The summed E-state index contributed by atoms with van der Waals surface area (Å²) in [6, 6.07) is 18.4. The summed E-state index contributed by atoms with van der Waals surface area (Å²) in [5, 5.41) is 8.07. The number of furan rings is 1. The maximum Gasteiger partial charge on any atom is 0.283 e. The Morgan fingerprint density at radius 2 is 1.81 bits per heavy atom. The normalized spacial score (nSPS) is 10.8. The van der Waals surface area contributed by atoms with E-state index in [1.54, 1.807) is 18.4 Å². The number of carbonyl (C=O) groups excluding carboxylic acids is 1. The number of benzene rings is 2. The second kappa shape index (κ2) is 7.09. The number of nitrogens with zero attached hydrogens (tertiary/aromatic N) is 2. The van der Waals surface area contributed by atoms with Crippen molar-refractivity contribution >= 4 is 21.7 Å². The largest absolute Gasteiger partial charge is 0.459 e. The van der Waals surface area contributed by atoms with Crippen LogP contribution < -0.4 is 0 Å². The van der Waals surface area contributed by atoms with E-state index in [0.29, 0.717) is 29.5 Å². The summed E-state index contributed by atoms with van der Waals surface area (Å²) in [7, 11) is 0. The van der Waals surface area contributed by atoms with Crippen LogP contribution in [0.1, 0.15) is 15.9 Å². The van der Waals surface area contributed by atoms with Gasteiger partial charge in [-0.3, -0.25) is 4.79 Å². The number of carbonyl (C=O) groups is 1. The van der Waals surface area contributed by atoms with Crippen LogP contribution in [0.4, 0.5) is 0 Å². The third-order valence-electron chi connectivity index (χ3n) is 3.84. The molecule has 2 aromatic carbocycles. The van der Waals surface area contributed by atoms with E-state index in [0.717, 1.165) is 15.6 Å². The molecule has 0 N–H and O–H groups in total. The Hall–Kier alpha value is -2.99. The van der Waals surface area contributed by atoms with Gasteiger partial charge in [0.1, 0.15) is 0 Å². The van der Waals surface area contributed by atoms with Crippen LogP contribution in [0.5, 0.6) is 0 Å². The molecule has 0 spiro atoms. The minimum atomic E-state index is 0.0465. The van der Waals surface area contributed by atoms with Gasteiger partial charge in [-0.1, -0.05) is 40.2 Å². The molecule has 5 nitrogen and oxygen atoms in total. The highest BCUT2D eigenvalue weighted by molar-refractivity contribution is 9.10. The maximum absolute atomic E-state index is 12.5. The lowest BCUT2D eigenvalue weighted by Crippen LogP contribution is -2.03. The molecule has 0 unspecified atom stereocenters. The van der Waals surface area contributed by atoms with Crippen LogP contribution in [0.2, 0.25) is 0 Å². The third-order valence-corrected chi connectivity index (χ3v) is 4.34. The predicted molar refractivity (Wildman–Crippen MR) is 99.6 cm³/mol. The van der Waals surface area contributed by atoms with Gasteiger partial charge < -0.3 is 8.83 Å². The number of halogens is 1. The molecule has 0 fully saturated rings. The highest BCUT2D eigenvalue weighted by Gasteiger charge is 2.14. The zero-order valence-electron chi connectivity index (χ0n) is 13.6. The monoisotopic (exact) mass is 408 g/mol. The number of rotatable bonds is 5. The molecule has 4 rings (SSSR count). The Labute approximate surface area is 157 Å². The van der Waals surface area contributed by atoms with E-state index < -0.39 is 0 Å². The lowest BCUT2D eigenvalue weighted by Gasteiger charge is -2.04. The minimum absolute atomic E-state index is 0.0465. The number of hydrogen-bond donors (Lipinski definition) is 0. The molecule has 0 bridgehead atoms. The van der Waals surface area contributed by atoms with Gasteiger partial charge in [0.25, 0.3) is 5.89 Å². The van der Waals surface area contributed by atoms with Crippen LogP contribution in [-0.2, 0) is 6.42 Å². The van der Waals surface area contributed by atoms with Crippen LogP contribution in [0.25, 0.3) is 23.1 Å². The van der Waals surface area contributed by atoms with Crippen LogP contribution in [0.3, 0.4) is 0 Å². The van der Waals surface area contributed by atoms with E-state index >= 15 is 0 Å². The van der Waals surface area contributed by atoms with Gasteiger partial charge in [0, 0.05) is 22.0 Å². The van der Waals surface area contributed by atoms with Gasteiger partial charge in [-0.15, -0.1) is 10.2 Å². The van der Waals surface area contributed by atoms with Crippen molar-refractivity contribution in [1.29, 1.82) is 0 Å². The van der Waals surface area contributed by atoms with Gasteiger partial charge in [0.2, 0.25) is 5.89 Å². The second-order valence-electron chi connectivity index (χ2n) is 5.70. The van der Waals surface area contributed by atoms with E-state index in [-0.39, 0.29) is 5.78 Å². The Balaban J connectivity index is 1.56. The van der Waals surface area contributed by atoms with Gasteiger partial charge in [-0.25, -0.2) is 0 Å². The Bertz CT molecular complexity index is 1050. The number of aromatic nitrogens is 2. The average molecular weight is 409 g/mol. The highest BCUT2D eigenvalue weighted by atomic mass is 79.9. The quantitative estimate of drug-likeness (QED) is 0.425. The smallest absolute Gasteiger partial charge is 0.283 e. The zero-order valence-corrected chi connectivity index (χ0v) is 15.1. The fourth-order valence-electron chi connectivity index (χ4n) is 2.60. The first-order valence-corrected chi connectivity index (χ1v) is 8.74. The molecule has 0 atom stereocenters. The molecule has 0 radical (unpaired) electrons. The van der Waals surface area contributed by atoms with Crippen LogP contribution >= 0.6 is 15.9 Å². The molecule has 0 saturated carbocycles. The molecule has 4 aromatic rings. The summed E-state index contributed by atoms with van der Waals surface area (Å²) in [6.07, 6.45) is 1.84. The molecule has 0 aliphatic heterocycles. The lowest BCUT2D eigenvalue weighted by molar-refractivity contribution is 0.0993. The van der Waals surface area contributed by atoms with Crippen molar-refractivity contribution in [2.45, 2.75) is 6.42 Å². The van der Waals surface area contributed by atoms with E-state index in [9.17, 15) is 4.79 Å².